The number of nitrogens with two attached hydrogens (primary N) is 1. The molecule has 4 aromatic carbocycles. The van der Waals surface area contributed by atoms with Crippen molar-refractivity contribution in [1.29, 1.82) is 0 Å². The average Bonchev–Trinajstić information content (AvgIpc) is 3.26. The predicted octanol–water partition coefficient (Wildman–Crippen LogP) is 8.84. The van der Waals surface area contributed by atoms with E-state index in [2.05, 4.69) is 184 Å². The first-order valence-electron chi connectivity index (χ1n) is 23.5. The van der Waals surface area contributed by atoms with Crippen molar-refractivity contribution in [2.24, 2.45) is 27.4 Å². The van der Waals surface area contributed by atoms with E-state index in [-0.39, 0.29) is 34.9 Å². The van der Waals surface area contributed by atoms with Crippen molar-refractivity contribution in [2.75, 3.05) is 0 Å². The number of aliphatic carboxylic acids is 1. The SMILES string of the molecule is CC(C)(C)C(C)(C)C(=O)NC1CCCCC1N[Si](C)(c1ccccc1)c1ccccc1.CC(C)(C)C(C)(C)C(=O)O.C[Si](NC1CCCCC1N)(c1ccccc1)c1ccccc1. The Morgan fingerprint density at radius 2 is 0.794 bits per heavy atom. The summed E-state index contributed by atoms with van der Waals surface area (Å²) < 4.78 is 0. The van der Waals surface area contributed by atoms with E-state index in [1.54, 1.807) is 13.8 Å². The summed E-state index contributed by atoms with van der Waals surface area (Å²) in [7, 11) is -4.13. The number of nitrogens with one attached hydrogen (secondary N) is 3. The number of carboxylic acid groups (broad SMARTS) is 1. The molecule has 6 N–H and O–H groups in total. The number of amides is 1. The van der Waals surface area contributed by atoms with Gasteiger partial charge in [0.15, 0.2) is 16.5 Å². The number of benzene rings is 4. The Morgan fingerprint density at radius 1 is 0.492 bits per heavy atom. The van der Waals surface area contributed by atoms with Gasteiger partial charge >= 0.3 is 5.97 Å². The van der Waals surface area contributed by atoms with Crippen LogP contribution in [0.2, 0.25) is 13.1 Å². The van der Waals surface area contributed by atoms with Gasteiger partial charge in [0.1, 0.15) is 0 Å². The maximum Gasteiger partial charge on any atom is 0.309 e. The molecule has 2 aliphatic carbocycles. The molecule has 344 valence electrons. The highest BCUT2D eigenvalue weighted by molar-refractivity contribution is 7.00. The molecule has 0 heterocycles. The van der Waals surface area contributed by atoms with Gasteiger partial charge in [-0.2, -0.15) is 0 Å². The molecule has 6 rings (SSSR count). The molecule has 2 saturated carbocycles. The Bertz CT molecular complexity index is 1920. The summed E-state index contributed by atoms with van der Waals surface area (Å²) in [6, 6.07) is 44.7. The van der Waals surface area contributed by atoms with Gasteiger partial charge in [-0.3, -0.25) is 9.59 Å². The molecule has 0 bridgehead atoms. The lowest BCUT2D eigenvalue weighted by Gasteiger charge is -2.43. The van der Waals surface area contributed by atoms with Crippen LogP contribution >= 0.6 is 0 Å². The quantitative estimate of drug-likeness (QED) is 0.0962. The van der Waals surface area contributed by atoms with E-state index in [1.807, 2.05) is 20.8 Å². The number of hydrogen-bond donors (Lipinski definition) is 5. The van der Waals surface area contributed by atoms with Crippen LogP contribution in [0.15, 0.2) is 121 Å². The largest absolute Gasteiger partial charge is 0.481 e. The second-order valence-electron chi connectivity index (χ2n) is 21.6. The predicted molar refractivity (Wildman–Crippen MR) is 272 cm³/mol. The number of carboxylic acids is 1. The molecule has 1 amide bonds. The first-order chi connectivity index (χ1) is 29.4. The van der Waals surface area contributed by atoms with E-state index >= 15 is 0 Å². The maximum atomic E-state index is 13.3. The molecule has 2 aliphatic rings. The first kappa shape index (κ1) is 51.8. The van der Waals surface area contributed by atoms with Crippen LogP contribution in [-0.2, 0) is 9.59 Å². The average molecular weight is 891 g/mol. The second kappa shape index (κ2) is 21.9. The van der Waals surface area contributed by atoms with Crippen LogP contribution in [0.4, 0.5) is 0 Å². The lowest BCUT2D eigenvalue weighted by molar-refractivity contribution is -0.153. The lowest BCUT2D eigenvalue weighted by Crippen LogP contribution is -2.72. The lowest BCUT2D eigenvalue weighted by atomic mass is 9.68. The standard InChI is InChI=1S/C27H40N2OSi.C19H26N2Si.C8H16O2/c1-26(2,3)27(4,5)25(30)28-23-19-13-14-20-24(23)29-31(6,21-15-9-7-10-16-21)22-17-11-8-12-18-22;1-22(16-10-4-2-5-11-16,17-12-6-3-7-13-17)21-19-15-9-8-14-18(19)20;1-7(2,3)8(4,5)6(9)10/h7-12,15-18,23-24,29H,13-14,19-20H2,1-6H3,(H,28,30);2-7,10-13,18-19,21H,8-9,14-15,20H2,1H3;1-5H3,(H,9,10). The third kappa shape index (κ3) is 13.1. The third-order valence-electron chi connectivity index (χ3n) is 15.1. The zero-order valence-electron chi connectivity index (χ0n) is 40.9. The summed E-state index contributed by atoms with van der Waals surface area (Å²) in [6.07, 6.45) is 9.43. The summed E-state index contributed by atoms with van der Waals surface area (Å²) >= 11 is 0. The van der Waals surface area contributed by atoms with Crippen molar-refractivity contribution in [1.82, 2.24) is 15.3 Å². The highest BCUT2D eigenvalue weighted by atomic mass is 28.3. The van der Waals surface area contributed by atoms with Crippen LogP contribution in [0, 0.1) is 21.7 Å². The van der Waals surface area contributed by atoms with Gasteiger partial charge in [-0.1, -0.05) is 202 Å². The number of rotatable bonds is 11. The molecule has 4 atom stereocenters. The van der Waals surface area contributed by atoms with Crippen molar-refractivity contribution >= 4 is 49.1 Å². The first-order valence-corrected chi connectivity index (χ1v) is 28.5. The molecular formula is C54H82N4O3Si2. The minimum atomic E-state index is -2.17. The maximum absolute atomic E-state index is 13.3. The summed E-state index contributed by atoms with van der Waals surface area (Å²) in [4.78, 5) is 32.1. The van der Waals surface area contributed by atoms with Crippen molar-refractivity contribution in [2.45, 2.75) is 158 Å². The van der Waals surface area contributed by atoms with Crippen LogP contribution in [0.5, 0.6) is 0 Å². The van der Waals surface area contributed by atoms with Crippen molar-refractivity contribution in [3.05, 3.63) is 121 Å². The van der Waals surface area contributed by atoms with E-state index in [1.165, 1.54) is 52.9 Å². The molecule has 0 saturated heterocycles. The van der Waals surface area contributed by atoms with Crippen LogP contribution in [0.25, 0.3) is 0 Å². The van der Waals surface area contributed by atoms with Crippen molar-refractivity contribution in [3.8, 4) is 0 Å². The molecule has 2 fully saturated rings. The molecule has 4 unspecified atom stereocenters. The van der Waals surface area contributed by atoms with Crippen LogP contribution in [0.3, 0.4) is 0 Å². The van der Waals surface area contributed by atoms with Crippen LogP contribution in [0.1, 0.15) is 121 Å². The molecule has 0 aliphatic heterocycles. The van der Waals surface area contributed by atoms with Gasteiger partial charge in [0, 0.05) is 29.6 Å². The summed E-state index contributed by atoms with van der Waals surface area (Å²) in [5.41, 5.74) is 5.06. The van der Waals surface area contributed by atoms with Gasteiger partial charge in [-0.25, -0.2) is 0 Å². The van der Waals surface area contributed by atoms with Crippen LogP contribution in [-0.4, -0.2) is 57.6 Å². The van der Waals surface area contributed by atoms with Gasteiger partial charge in [0.2, 0.25) is 5.91 Å². The highest BCUT2D eigenvalue weighted by Gasteiger charge is 2.44. The Labute approximate surface area is 384 Å². The minimum Gasteiger partial charge on any atom is -0.481 e. The van der Waals surface area contributed by atoms with Gasteiger partial charge in [0.05, 0.1) is 5.41 Å². The highest BCUT2D eigenvalue weighted by Crippen LogP contribution is 2.39. The van der Waals surface area contributed by atoms with E-state index < -0.39 is 33.3 Å². The summed E-state index contributed by atoms with van der Waals surface area (Å²) in [6.45, 7) is 24.7. The van der Waals surface area contributed by atoms with Gasteiger partial charge in [-0.05, 0) is 84.2 Å². The second-order valence-corrected chi connectivity index (χ2v) is 29.0. The fourth-order valence-corrected chi connectivity index (χ4v) is 15.3. The third-order valence-corrected chi connectivity index (χ3v) is 23.0. The monoisotopic (exact) mass is 891 g/mol. The Morgan fingerprint density at radius 3 is 1.10 bits per heavy atom. The van der Waals surface area contributed by atoms with E-state index in [4.69, 9.17) is 10.8 Å². The molecule has 9 heteroatoms. The van der Waals surface area contributed by atoms with Crippen molar-refractivity contribution < 1.29 is 14.7 Å². The topological polar surface area (TPSA) is 116 Å². The molecule has 0 radical (unpaired) electrons. The van der Waals surface area contributed by atoms with Gasteiger partial charge in [0.25, 0.3) is 0 Å². The van der Waals surface area contributed by atoms with E-state index in [9.17, 15) is 9.59 Å². The van der Waals surface area contributed by atoms with E-state index in [0.29, 0.717) is 6.04 Å². The minimum absolute atomic E-state index is 0.0913. The fourth-order valence-electron chi connectivity index (χ4n) is 8.32. The number of carbonyl (C=O) groups is 2. The van der Waals surface area contributed by atoms with E-state index in [0.717, 1.165) is 19.3 Å². The Kier molecular flexibility index (Phi) is 18.0. The normalized spacial score (nSPS) is 20.0. The molecule has 0 aromatic heterocycles. The summed E-state index contributed by atoms with van der Waals surface area (Å²) in [5.74, 6) is -0.568. The van der Waals surface area contributed by atoms with Gasteiger partial charge in [-0.15, -0.1) is 0 Å². The number of hydrogen-bond acceptors (Lipinski definition) is 5. The van der Waals surface area contributed by atoms with Gasteiger partial charge < -0.3 is 26.1 Å². The molecule has 4 aromatic rings. The smallest absolute Gasteiger partial charge is 0.309 e. The zero-order chi connectivity index (χ0) is 46.7. The van der Waals surface area contributed by atoms with Crippen LogP contribution < -0.4 is 41.8 Å². The fraction of sp³-hybridized carbons (Fsp3) is 0.519. The summed E-state index contributed by atoms with van der Waals surface area (Å²) in [5, 5.41) is 17.9. The van der Waals surface area contributed by atoms with Crippen molar-refractivity contribution in [3.63, 3.8) is 0 Å². The molecule has 63 heavy (non-hydrogen) atoms. The Hall–Kier alpha value is -3.87. The molecule has 0 spiro atoms. The molecule has 7 nitrogen and oxygen atoms in total. The zero-order valence-corrected chi connectivity index (χ0v) is 42.9. The Balaban J connectivity index is 0.000000236. The number of carbonyl (C=O) groups excluding carboxylic acids is 1. The molecular weight excluding hydrogens is 809 g/mol.